The maximum atomic E-state index is 13.1. The van der Waals surface area contributed by atoms with Crippen molar-refractivity contribution in [3.05, 3.63) is 114 Å². The number of carbonyl (C=O) groups is 1. The Kier molecular flexibility index (Phi) is 6.33. The molecule has 0 bridgehead atoms. The summed E-state index contributed by atoms with van der Waals surface area (Å²) in [4.78, 5) is 27.4. The molecule has 2 aromatic heterocycles. The van der Waals surface area contributed by atoms with E-state index in [9.17, 15) is 4.79 Å². The van der Waals surface area contributed by atoms with Crippen LogP contribution in [0.1, 0.15) is 28.2 Å². The number of hydrogen-bond acceptors (Lipinski definition) is 5. The van der Waals surface area contributed by atoms with Gasteiger partial charge in [0.25, 0.3) is 5.91 Å². The number of nitrogens with zero attached hydrogens (tertiary/aromatic N) is 6. The van der Waals surface area contributed by atoms with Crippen molar-refractivity contribution >= 4 is 22.8 Å². The summed E-state index contributed by atoms with van der Waals surface area (Å²) in [5.41, 5.74) is 3.65. The van der Waals surface area contributed by atoms with Crippen LogP contribution in [0.5, 0.6) is 0 Å². The lowest BCUT2D eigenvalue weighted by Crippen LogP contribution is -2.35. The zero-order valence-corrected chi connectivity index (χ0v) is 20.6. The van der Waals surface area contributed by atoms with Crippen LogP contribution in [-0.4, -0.2) is 56.7 Å². The van der Waals surface area contributed by atoms with Crippen molar-refractivity contribution in [3.63, 3.8) is 0 Å². The maximum absolute atomic E-state index is 13.1. The molecular formula is C30H28N6O. The van der Waals surface area contributed by atoms with E-state index in [0.29, 0.717) is 19.5 Å². The van der Waals surface area contributed by atoms with E-state index in [2.05, 4.69) is 17.0 Å². The summed E-state index contributed by atoms with van der Waals surface area (Å²) in [6, 6.07) is 29.9. The van der Waals surface area contributed by atoms with Crippen molar-refractivity contribution < 1.29 is 4.79 Å². The van der Waals surface area contributed by atoms with Gasteiger partial charge >= 0.3 is 0 Å². The lowest BCUT2D eigenvalue weighted by Gasteiger charge is -2.24. The second kappa shape index (κ2) is 10.2. The summed E-state index contributed by atoms with van der Waals surface area (Å²) in [5.74, 6) is 1.72. The number of carbonyl (C=O) groups excluding carboxylic acids is 1. The van der Waals surface area contributed by atoms with Gasteiger partial charge in [0.2, 0.25) is 0 Å². The van der Waals surface area contributed by atoms with E-state index in [1.54, 1.807) is 0 Å². The summed E-state index contributed by atoms with van der Waals surface area (Å²) in [5, 5.41) is 5.62. The Labute approximate surface area is 216 Å². The molecule has 0 aliphatic carbocycles. The molecule has 37 heavy (non-hydrogen) atoms. The van der Waals surface area contributed by atoms with Crippen molar-refractivity contribution in [2.75, 3.05) is 31.1 Å². The number of fused-ring (bicyclic) bond motifs is 1. The molecule has 1 aliphatic rings. The first-order valence-corrected chi connectivity index (χ1v) is 12.7. The highest BCUT2D eigenvalue weighted by Gasteiger charge is 2.24. The van der Waals surface area contributed by atoms with Crippen LogP contribution in [-0.2, 0) is 6.42 Å². The Balaban J connectivity index is 1.35. The highest BCUT2D eigenvalue weighted by Crippen LogP contribution is 2.27. The molecule has 0 spiro atoms. The maximum Gasteiger partial charge on any atom is 0.253 e. The number of benzene rings is 3. The lowest BCUT2D eigenvalue weighted by atomic mass is 10.1. The topological polar surface area (TPSA) is 67.2 Å². The molecule has 1 amide bonds. The van der Waals surface area contributed by atoms with Crippen LogP contribution in [0.2, 0.25) is 0 Å². The van der Waals surface area contributed by atoms with Crippen molar-refractivity contribution in [1.82, 2.24) is 24.6 Å². The third-order valence-electron chi connectivity index (χ3n) is 6.76. The monoisotopic (exact) mass is 488 g/mol. The van der Waals surface area contributed by atoms with Gasteiger partial charge in [-0.25, -0.2) is 14.6 Å². The standard InChI is InChI=1S/C30H28N6O/c37-30(24-13-6-2-7-14-24)35-18-10-17-34(19-20-35)28-26-22-31-36(25-15-8-3-9-16-25)29(26)33-27(32-28)21-23-11-4-1-5-12-23/h1-9,11-16,22H,10,17-21H2. The molecule has 184 valence electrons. The van der Waals surface area contributed by atoms with E-state index >= 15 is 0 Å². The Morgan fingerprint density at radius 1 is 0.757 bits per heavy atom. The second-order valence-electron chi connectivity index (χ2n) is 9.25. The highest BCUT2D eigenvalue weighted by molar-refractivity contribution is 5.94. The van der Waals surface area contributed by atoms with Gasteiger partial charge in [-0.2, -0.15) is 5.10 Å². The minimum Gasteiger partial charge on any atom is -0.354 e. The third kappa shape index (κ3) is 4.80. The first kappa shape index (κ1) is 22.9. The number of rotatable bonds is 5. The minimum atomic E-state index is 0.0805. The van der Waals surface area contributed by atoms with Gasteiger partial charge in [-0.3, -0.25) is 4.79 Å². The smallest absolute Gasteiger partial charge is 0.253 e. The summed E-state index contributed by atoms with van der Waals surface area (Å²) < 4.78 is 1.89. The zero-order chi connectivity index (χ0) is 25.0. The molecule has 7 heteroatoms. The molecule has 0 unspecified atom stereocenters. The Morgan fingerprint density at radius 2 is 1.46 bits per heavy atom. The Bertz CT molecular complexity index is 1500. The highest BCUT2D eigenvalue weighted by atomic mass is 16.2. The number of anilines is 1. The first-order chi connectivity index (χ1) is 18.3. The molecule has 5 aromatic rings. The normalized spacial score (nSPS) is 14.1. The number of para-hydroxylation sites is 1. The Morgan fingerprint density at radius 3 is 2.22 bits per heavy atom. The predicted octanol–water partition coefficient (Wildman–Crippen LogP) is 4.76. The lowest BCUT2D eigenvalue weighted by molar-refractivity contribution is 0.0767. The van der Waals surface area contributed by atoms with Gasteiger partial charge in [0.05, 0.1) is 17.3 Å². The average Bonchev–Trinajstić information content (AvgIpc) is 3.22. The molecule has 0 radical (unpaired) electrons. The van der Waals surface area contributed by atoms with Crippen molar-refractivity contribution in [3.8, 4) is 5.69 Å². The molecule has 0 N–H and O–H groups in total. The van der Waals surface area contributed by atoms with Crippen LogP contribution in [0.25, 0.3) is 16.7 Å². The fraction of sp³-hybridized carbons (Fsp3) is 0.200. The second-order valence-corrected chi connectivity index (χ2v) is 9.25. The largest absolute Gasteiger partial charge is 0.354 e. The van der Waals surface area contributed by atoms with Crippen LogP contribution in [0.15, 0.2) is 97.2 Å². The predicted molar refractivity (Wildman–Crippen MR) is 145 cm³/mol. The van der Waals surface area contributed by atoms with Crippen LogP contribution in [0, 0.1) is 0 Å². The van der Waals surface area contributed by atoms with Gasteiger partial charge in [-0.1, -0.05) is 66.7 Å². The van der Waals surface area contributed by atoms with Crippen molar-refractivity contribution in [1.29, 1.82) is 0 Å². The van der Waals surface area contributed by atoms with E-state index in [1.807, 2.05) is 94.6 Å². The molecule has 0 saturated carbocycles. The molecule has 7 nitrogen and oxygen atoms in total. The van der Waals surface area contributed by atoms with Gasteiger partial charge < -0.3 is 9.80 Å². The van der Waals surface area contributed by atoms with E-state index in [1.165, 1.54) is 0 Å². The molecule has 3 heterocycles. The van der Waals surface area contributed by atoms with Gasteiger partial charge in [0.15, 0.2) is 5.65 Å². The summed E-state index contributed by atoms with van der Waals surface area (Å²) in [6.45, 7) is 2.87. The first-order valence-electron chi connectivity index (χ1n) is 12.7. The molecule has 0 atom stereocenters. The quantitative estimate of drug-likeness (QED) is 0.357. The Hall–Kier alpha value is -4.52. The summed E-state index contributed by atoms with van der Waals surface area (Å²) in [6.07, 6.45) is 3.36. The van der Waals surface area contributed by atoms with Crippen molar-refractivity contribution in [2.24, 2.45) is 0 Å². The van der Waals surface area contributed by atoms with Crippen LogP contribution >= 0.6 is 0 Å². The third-order valence-corrected chi connectivity index (χ3v) is 6.76. The van der Waals surface area contributed by atoms with E-state index in [-0.39, 0.29) is 5.91 Å². The zero-order valence-electron chi connectivity index (χ0n) is 20.6. The summed E-state index contributed by atoms with van der Waals surface area (Å²) >= 11 is 0. The van der Waals surface area contributed by atoms with Gasteiger partial charge in [-0.15, -0.1) is 0 Å². The van der Waals surface area contributed by atoms with Gasteiger partial charge in [0.1, 0.15) is 11.6 Å². The van der Waals surface area contributed by atoms with Gasteiger partial charge in [-0.05, 0) is 36.2 Å². The molecule has 1 fully saturated rings. The molecule has 1 aliphatic heterocycles. The van der Waals surface area contributed by atoms with Crippen molar-refractivity contribution in [2.45, 2.75) is 12.8 Å². The molecule has 1 saturated heterocycles. The number of amides is 1. The van der Waals surface area contributed by atoms with Gasteiger partial charge in [0, 0.05) is 38.2 Å². The fourth-order valence-corrected chi connectivity index (χ4v) is 4.89. The van der Waals surface area contributed by atoms with Crippen LogP contribution < -0.4 is 4.90 Å². The fourth-order valence-electron chi connectivity index (χ4n) is 4.89. The SMILES string of the molecule is O=C(c1ccccc1)N1CCCN(c2nc(Cc3ccccc3)nc3c2cnn3-c2ccccc2)CC1. The van der Waals surface area contributed by atoms with E-state index in [0.717, 1.165) is 59.0 Å². The van der Waals surface area contributed by atoms with E-state index in [4.69, 9.17) is 15.1 Å². The van der Waals surface area contributed by atoms with Crippen LogP contribution in [0.4, 0.5) is 5.82 Å². The number of hydrogen-bond donors (Lipinski definition) is 0. The molecular weight excluding hydrogens is 460 g/mol. The molecule has 3 aromatic carbocycles. The summed E-state index contributed by atoms with van der Waals surface area (Å²) in [7, 11) is 0. The number of aromatic nitrogens is 4. The minimum absolute atomic E-state index is 0.0805. The molecule has 6 rings (SSSR count). The van der Waals surface area contributed by atoms with E-state index < -0.39 is 0 Å². The average molecular weight is 489 g/mol. The van der Waals surface area contributed by atoms with Crippen LogP contribution in [0.3, 0.4) is 0 Å².